The minimum atomic E-state index is -0.819. The maximum Gasteiger partial charge on any atom is 0.222 e. The Morgan fingerprint density at radius 3 is 2.64 bits per heavy atom. The molecule has 0 aromatic heterocycles. The average Bonchev–Trinajstić information content (AvgIpc) is 3.15. The molecular weight excluding hydrogens is 324 g/mol. The molecule has 25 heavy (non-hydrogen) atoms. The van der Waals surface area contributed by atoms with E-state index < -0.39 is 12.2 Å². The number of likely N-dealkylation sites (tertiary alicyclic amines) is 1. The first-order valence-corrected chi connectivity index (χ1v) is 9.61. The first kappa shape index (κ1) is 19.0. The topological polar surface area (TPSA) is 82.5 Å². The first-order chi connectivity index (χ1) is 12.1. The Bertz CT molecular complexity index is 435. The van der Waals surface area contributed by atoms with Crippen molar-refractivity contribution in [3.05, 3.63) is 0 Å². The Hall–Kier alpha value is -0.730. The Kier molecular flexibility index (Phi) is 6.68. The maximum atomic E-state index is 12.4. The summed E-state index contributed by atoms with van der Waals surface area (Å²) in [7, 11) is 1.98. The number of ether oxygens (including phenoxy) is 2. The van der Waals surface area contributed by atoms with Crippen LogP contribution in [0.4, 0.5) is 0 Å². The number of aliphatic hydroxyl groups is 2. The van der Waals surface area contributed by atoms with Crippen molar-refractivity contribution >= 4 is 5.91 Å². The number of carbonyl (C=O) groups is 1. The van der Waals surface area contributed by atoms with Crippen LogP contribution in [0.5, 0.6) is 0 Å². The van der Waals surface area contributed by atoms with Gasteiger partial charge in [-0.15, -0.1) is 0 Å². The third-order valence-corrected chi connectivity index (χ3v) is 5.99. The summed E-state index contributed by atoms with van der Waals surface area (Å²) in [6.45, 7) is 2.98. The number of rotatable bonds is 5. The van der Waals surface area contributed by atoms with Gasteiger partial charge in [-0.1, -0.05) is 0 Å². The molecule has 2 N–H and O–H groups in total. The smallest absolute Gasteiger partial charge is 0.222 e. The second-order valence-electron chi connectivity index (χ2n) is 7.61. The summed E-state index contributed by atoms with van der Waals surface area (Å²) < 4.78 is 11.0. The zero-order chi connectivity index (χ0) is 17.8. The van der Waals surface area contributed by atoms with E-state index in [0.717, 1.165) is 51.8 Å². The van der Waals surface area contributed by atoms with Crippen LogP contribution in [0.2, 0.25) is 0 Å². The monoisotopic (exact) mass is 356 g/mol. The molecule has 3 fully saturated rings. The van der Waals surface area contributed by atoms with Crippen LogP contribution in [0.25, 0.3) is 0 Å². The van der Waals surface area contributed by atoms with Crippen molar-refractivity contribution in [3.63, 3.8) is 0 Å². The van der Waals surface area contributed by atoms with Crippen LogP contribution in [0.15, 0.2) is 0 Å². The van der Waals surface area contributed by atoms with E-state index in [0.29, 0.717) is 19.1 Å². The van der Waals surface area contributed by atoms with Crippen molar-refractivity contribution in [2.75, 3.05) is 40.0 Å². The lowest BCUT2D eigenvalue weighted by atomic mass is 9.97. The van der Waals surface area contributed by atoms with Crippen LogP contribution in [0, 0.1) is 0 Å². The zero-order valence-electron chi connectivity index (χ0n) is 15.2. The van der Waals surface area contributed by atoms with E-state index in [1.165, 1.54) is 0 Å². The lowest BCUT2D eigenvalue weighted by Gasteiger charge is -2.44. The third kappa shape index (κ3) is 4.71. The molecule has 0 unspecified atom stereocenters. The van der Waals surface area contributed by atoms with Crippen LogP contribution in [-0.4, -0.2) is 96.3 Å². The molecule has 0 radical (unpaired) electrons. The normalized spacial score (nSPS) is 34.6. The maximum absolute atomic E-state index is 12.4. The van der Waals surface area contributed by atoms with Gasteiger partial charge in [0.25, 0.3) is 0 Å². The number of carbonyl (C=O) groups excluding carboxylic acids is 1. The van der Waals surface area contributed by atoms with E-state index in [1.807, 2.05) is 11.9 Å². The summed E-state index contributed by atoms with van der Waals surface area (Å²) in [5.74, 6) is 0.230. The molecule has 0 spiro atoms. The van der Waals surface area contributed by atoms with Crippen LogP contribution < -0.4 is 0 Å². The van der Waals surface area contributed by atoms with Gasteiger partial charge in [0.15, 0.2) is 0 Å². The van der Waals surface area contributed by atoms with Gasteiger partial charge in [0.05, 0.1) is 31.5 Å². The number of hydrogen-bond acceptors (Lipinski definition) is 6. The minimum Gasteiger partial charge on any atom is -0.389 e. The predicted octanol–water partition coefficient (Wildman–Crippen LogP) is -0.0110. The van der Waals surface area contributed by atoms with Gasteiger partial charge in [-0.05, 0) is 39.2 Å². The molecule has 3 saturated heterocycles. The molecule has 3 aliphatic rings. The van der Waals surface area contributed by atoms with Gasteiger partial charge >= 0.3 is 0 Å². The van der Waals surface area contributed by atoms with E-state index in [9.17, 15) is 15.0 Å². The number of likely N-dealkylation sites (N-methyl/N-ethyl adjacent to an activating group) is 1. The number of nitrogens with zero attached hydrogens (tertiary/aromatic N) is 2. The predicted molar refractivity (Wildman–Crippen MR) is 92.2 cm³/mol. The van der Waals surface area contributed by atoms with E-state index in [2.05, 4.69) is 4.90 Å². The van der Waals surface area contributed by atoms with Crippen molar-refractivity contribution < 1.29 is 24.5 Å². The molecule has 1 amide bonds. The van der Waals surface area contributed by atoms with Gasteiger partial charge in [-0.2, -0.15) is 0 Å². The SMILES string of the molecule is CN(C1CCN(C(=O)CC[C@H]2CCCO2)CC1)[C@@H]1COC[C@@H](O)[C@H]1O. The van der Waals surface area contributed by atoms with Crippen LogP contribution in [-0.2, 0) is 14.3 Å². The largest absolute Gasteiger partial charge is 0.389 e. The number of hydrogen-bond donors (Lipinski definition) is 2. The standard InChI is InChI=1S/C18H32N2O5/c1-19(15-11-24-12-16(21)18(15)23)13-6-8-20(9-7-13)17(22)5-4-14-3-2-10-25-14/h13-16,18,21,23H,2-12H2,1H3/t14-,15-,16-,18+/m1/s1. The van der Waals surface area contributed by atoms with Gasteiger partial charge < -0.3 is 24.6 Å². The fraction of sp³-hybridized carbons (Fsp3) is 0.944. The fourth-order valence-electron chi connectivity index (χ4n) is 4.23. The van der Waals surface area contributed by atoms with Crippen LogP contribution in [0.1, 0.15) is 38.5 Å². The van der Waals surface area contributed by atoms with Crippen molar-refractivity contribution in [1.82, 2.24) is 9.80 Å². The molecule has 0 aromatic carbocycles. The van der Waals surface area contributed by atoms with Gasteiger partial charge in [0, 0.05) is 32.2 Å². The first-order valence-electron chi connectivity index (χ1n) is 9.61. The molecule has 3 aliphatic heterocycles. The van der Waals surface area contributed by atoms with Crippen molar-refractivity contribution in [1.29, 1.82) is 0 Å². The number of aliphatic hydroxyl groups excluding tert-OH is 2. The van der Waals surface area contributed by atoms with E-state index in [-0.39, 0.29) is 24.7 Å². The van der Waals surface area contributed by atoms with E-state index in [1.54, 1.807) is 0 Å². The third-order valence-electron chi connectivity index (χ3n) is 5.99. The summed E-state index contributed by atoms with van der Waals surface area (Å²) in [5, 5.41) is 20.0. The van der Waals surface area contributed by atoms with Crippen LogP contribution >= 0.6 is 0 Å². The summed E-state index contributed by atoms with van der Waals surface area (Å²) in [6, 6.07) is 0.117. The molecule has 0 saturated carbocycles. The Balaban J connectivity index is 1.42. The van der Waals surface area contributed by atoms with Gasteiger partial charge in [-0.3, -0.25) is 9.69 Å². The van der Waals surface area contributed by atoms with E-state index >= 15 is 0 Å². The Labute approximate surface area is 149 Å². The summed E-state index contributed by atoms with van der Waals surface area (Å²) in [5.41, 5.74) is 0. The highest BCUT2D eigenvalue weighted by molar-refractivity contribution is 5.76. The highest BCUT2D eigenvalue weighted by Gasteiger charge is 2.37. The second-order valence-corrected chi connectivity index (χ2v) is 7.61. The quantitative estimate of drug-likeness (QED) is 0.721. The molecule has 0 aromatic rings. The highest BCUT2D eigenvalue weighted by Crippen LogP contribution is 2.23. The molecule has 7 nitrogen and oxygen atoms in total. The number of amides is 1. The number of piperidine rings is 1. The molecular formula is C18H32N2O5. The fourth-order valence-corrected chi connectivity index (χ4v) is 4.23. The van der Waals surface area contributed by atoms with Crippen molar-refractivity contribution in [2.45, 2.75) is 68.9 Å². The average molecular weight is 356 g/mol. The van der Waals surface area contributed by atoms with Crippen molar-refractivity contribution in [2.24, 2.45) is 0 Å². The molecule has 0 aliphatic carbocycles. The second kappa shape index (κ2) is 8.77. The van der Waals surface area contributed by atoms with Gasteiger partial charge in [-0.25, -0.2) is 0 Å². The summed E-state index contributed by atoms with van der Waals surface area (Å²) >= 11 is 0. The summed E-state index contributed by atoms with van der Waals surface area (Å²) in [4.78, 5) is 16.5. The molecule has 144 valence electrons. The Morgan fingerprint density at radius 2 is 1.96 bits per heavy atom. The minimum absolute atomic E-state index is 0.185. The van der Waals surface area contributed by atoms with E-state index in [4.69, 9.17) is 9.47 Å². The molecule has 4 atom stereocenters. The summed E-state index contributed by atoms with van der Waals surface area (Å²) in [6.07, 6.45) is 4.06. The molecule has 7 heteroatoms. The van der Waals surface area contributed by atoms with Gasteiger partial charge in [0.1, 0.15) is 6.10 Å². The lowest BCUT2D eigenvalue weighted by molar-refractivity contribution is -0.141. The van der Waals surface area contributed by atoms with Gasteiger partial charge in [0.2, 0.25) is 5.91 Å². The lowest BCUT2D eigenvalue weighted by Crippen LogP contribution is -2.58. The highest BCUT2D eigenvalue weighted by atomic mass is 16.5. The molecule has 3 heterocycles. The van der Waals surface area contributed by atoms with Crippen molar-refractivity contribution in [3.8, 4) is 0 Å². The Morgan fingerprint density at radius 1 is 1.20 bits per heavy atom. The van der Waals surface area contributed by atoms with Crippen LogP contribution in [0.3, 0.4) is 0 Å². The molecule has 0 bridgehead atoms. The zero-order valence-corrected chi connectivity index (χ0v) is 15.2. The molecule has 3 rings (SSSR count).